The van der Waals surface area contributed by atoms with Gasteiger partial charge in [0.05, 0.1) is 11.3 Å². The Morgan fingerprint density at radius 1 is 0.977 bits per heavy atom. The molecule has 44 heavy (non-hydrogen) atoms. The molecule has 2 aromatic heterocycles. The predicted molar refractivity (Wildman–Crippen MR) is 178 cm³/mol. The van der Waals surface area contributed by atoms with Crippen molar-refractivity contribution in [3.8, 4) is 11.3 Å². The van der Waals surface area contributed by atoms with E-state index in [0.717, 1.165) is 77.3 Å². The number of carbonyl (C=O) groups is 1. The van der Waals surface area contributed by atoms with Crippen LogP contribution in [0.5, 0.6) is 0 Å². The smallest absolute Gasteiger partial charge is 0.162 e. The van der Waals surface area contributed by atoms with E-state index < -0.39 is 0 Å². The molecule has 0 unspecified atom stereocenters. The molecule has 237 valence electrons. The first kappa shape index (κ1) is 35.5. The third kappa shape index (κ3) is 8.00. The number of pyridine rings is 1. The second-order valence-corrected chi connectivity index (χ2v) is 13.3. The van der Waals surface area contributed by atoms with E-state index in [0.29, 0.717) is 0 Å². The Hall–Kier alpha value is -2.95. The zero-order valence-electron chi connectivity index (χ0n) is 27.9. The summed E-state index contributed by atoms with van der Waals surface area (Å²) in [5.74, 6) is 0.547. The molecular weight excluding hydrogens is 723 g/mol. The van der Waals surface area contributed by atoms with Crippen molar-refractivity contribution in [1.29, 1.82) is 0 Å². The van der Waals surface area contributed by atoms with Crippen molar-refractivity contribution in [2.75, 3.05) is 0 Å². The number of nitrogens with zero attached hydrogens (tertiary/aromatic N) is 3. The van der Waals surface area contributed by atoms with Gasteiger partial charge >= 0.3 is 0 Å². The number of hydrogen-bond acceptors (Lipinski definition) is 5. The van der Waals surface area contributed by atoms with E-state index in [1.165, 1.54) is 28.3 Å². The number of allylic oxidation sites excluding steroid dienone is 2. The second-order valence-electron chi connectivity index (χ2n) is 13.3. The van der Waals surface area contributed by atoms with Crippen LogP contribution in [0, 0.1) is 37.2 Å². The number of ketones is 1. The van der Waals surface area contributed by atoms with E-state index in [9.17, 15) is 9.90 Å². The molecule has 4 aromatic rings. The summed E-state index contributed by atoms with van der Waals surface area (Å²) in [5, 5.41) is 12.0. The van der Waals surface area contributed by atoms with Gasteiger partial charge in [-0.1, -0.05) is 82.7 Å². The summed E-state index contributed by atoms with van der Waals surface area (Å²) >= 11 is 0. The van der Waals surface area contributed by atoms with Crippen LogP contribution in [0.2, 0.25) is 0 Å². The average Bonchev–Trinajstić information content (AvgIpc) is 2.93. The Labute approximate surface area is 277 Å². The normalized spacial score (nSPS) is 12.7. The first-order valence-electron chi connectivity index (χ1n) is 15.9. The molecule has 0 saturated carbocycles. The van der Waals surface area contributed by atoms with E-state index in [2.05, 4.69) is 74.9 Å². The number of hydrogen-bond donors (Lipinski definition) is 1. The number of benzene rings is 2. The van der Waals surface area contributed by atoms with Crippen LogP contribution in [-0.2, 0) is 37.7 Å². The van der Waals surface area contributed by atoms with E-state index in [-0.39, 0.29) is 48.9 Å². The molecule has 5 nitrogen and oxygen atoms in total. The molecule has 0 bridgehead atoms. The van der Waals surface area contributed by atoms with Crippen molar-refractivity contribution >= 4 is 27.6 Å². The number of carbonyl (C=O) groups excluding carboxylic acids is 1. The fourth-order valence-electron chi connectivity index (χ4n) is 6.27. The molecule has 6 heteroatoms. The monoisotopic (exact) mass is 771 g/mol. The zero-order valence-corrected chi connectivity index (χ0v) is 30.3. The molecule has 2 heterocycles. The van der Waals surface area contributed by atoms with Gasteiger partial charge in [0.15, 0.2) is 5.78 Å². The number of aromatic nitrogens is 3. The van der Waals surface area contributed by atoms with Gasteiger partial charge in [-0.15, -0.1) is 12.1 Å². The molecule has 1 N–H and O–H groups in total. The standard InChI is InChI=1S/C25H24N3.C13H24O2.Ir/c1-14-6-15(2)23-18(7-14)10-19-20(28-23)11-17-8-16(12-25(3,4)5)9-21-22(17)24(19)27-13-26-21;1-5-10(6-2)12(14)9-13(15)11(7-3)8-4;/h6-9,13H,11-12H2,1-5H3;9-11,14H,5-8H2,1-4H3;/q-1;;/b;12-9-;. The molecular formula is C38H48IrN3O2-. The molecule has 1 aliphatic rings. The van der Waals surface area contributed by atoms with Gasteiger partial charge in [-0.3, -0.25) is 9.78 Å². The van der Waals surface area contributed by atoms with Crippen LogP contribution in [0.25, 0.3) is 33.1 Å². The van der Waals surface area contributed by atoms with Crippen LogP contribution < -0.4 is 0 Å². The van der Waals surface area contributed by atoms with Gasteiger partial charge in [0.25, 0.3) is 0 Å². The van der Waals surface area contributed by atoms with Gasteiger partial charge in [0, 0.05) is 43.7 Å². The first-order valence-corrected chi connectivity index (χ1v) is 15.9. The van der Waals surface area contributed by atoms with Gasteiger partial charge in [-0.25, -0.2) is 4.98 Å². The predicted octanol–water partition coefficient (Wildman–Crippen LogP) is 9.62. The third-order valence-corrected chi connectivity index (χ3v) is 8.53. The Balaban J connectivity index is 0.000000286. The second kappa shape index (κ2) is 14.9. The van der Waals surface area contributed by atoms with Gasteiger partial charge in [0.2, 0.25) is 0 Å². The summed E-state index contributed by atoms with van der Waals surface area (Å²) in [6.45, 7) is 19.1. The molecule has 0 aliphatic heterocycles. The van der Waals surface area contributed by atoms with Crippen molar-refractivity contribution < 1.29 is 30.0 Å². The summed E-state index contributed by atoms with van der Waals surface area (Å²) in [5.41, 5.74) is 10.4. The molecule has 1 aliphatic carbocycles. The summed E-state index contributed by atoms with van der Waals surface area (Å²) in [6, 6.07) is 12.5. The van der Waals surface area contributed by atoms with Crippen LogP contribution >= 0.6 is 0 Å². The fourth-order valence-corrected chi connectivity index (χ4v) is 6.27. The molecule has 0 atom stereocenters. The number of aryl methyl sites for hydroxylation is 2. The molecule has 1 radical (unpaired) electrons. The molecule has 0 saturated heterocycles. The SMILES string of the molecule is CCC(CC)C(=O)/C=C(\O)C(CC)CC.Cc1cc(C)c2nc3c([c-]c2c1)-c1ncnc2cc(CC(C)(C)C)cc(c12)C3.[Ir]. The Kier molecular flexibility index (Phi) is 12.0. The Morgan fingerprint density at radius 2 is 1.64 bits per heavy atom. The van der Waals surface area contributed by atoms with Crippen molar-refractivity contribution in [3.05, 3.63) is 76.4 Å². The molecule has 2 aromatic carbocycles. The maximum Gasteiger partial charge on any atom is 0.162 e. The van der Waals surface area contributed by atoms with Gasteiger partial charge in [-0.05, 0) is 91.6 Å². The molecule has 0 spiro atoms. The van der Waals surface area contributed by atoms with Gasteiger partial charge in [-0.2, -0.15) is 0 Å². The van der Waals surface area contributed by atoms with E-state index in [1.807, 2.05) is 27.7 Å². The number of fused-ring (bicyclic) bond motifs is 3. The molecule has 0 fully saturated rings. The fraction of sp³-hybridized carbons (Fsp3) is 0.474. The average molecular weight is 771 g/mol. The first-order chi connectivity index (χ1) is 20.4. The van der Waals surface area contributed by atoms with Gasteiger partial charge in [0.1, 0.15) is 6.33 Å². The van der Waals surface area contributed by atoms with Crippen LogP contribution in [0.15, 0.2) is 42.4 Å². The van der Waals surface area contributed by atoms with Crippen LogP contribution in [-0.4, -0.2) is 25.8 Å². The van der Waals surface area contributed by atoms with Crippen molar-refractivity contribution in [3.63, 3.8) is 0 Å². The summed E-state index contributed by atoms with van der Waals surface area (Å²) in [6.07, 6.45) is 8.42. The van der Waals surface area contributed by atoms with Crippen LogP contribution in [0.4, 0.5) is 0 Å². The third-order valence-electron chi connectivity index (χ3n) is 8.53. The van der Waals surface area contributed by atoms with Crippen molar-refractivity contribution in [2.24, 2.45) is 17.3 Å². The number of rotatable bonds is 8. The zero-order chi connectivity index (χ0) is 31.5. The van der Waals surface area contributed by atoms with E-state index >= 15 is 0 Å². The number of aliphatic hydroxyl groups is 1. The molecule has 0 amide bonds. The van der Waals surface area contributed by atoms with Crippen molar-refractivity contribution in [2.45, 2.75) is 101 Å². The molecule has 5 rings (SSSR count). The topological polar surface area (TPSA) is 76.0 Å². The summed E-state index contributed by atoms with van der Waals surface area (Å²) in [4.78, 5) is 26.0. The van der Waals surface area contributed by atoms with Crippen molar-refractivity contribution in [1.82, 2.24) is 15.0 Å². The van der Waals surface area contributed by atoms with Crippen LogP contribution in [0.3, 0.4) is 0 Å². The van der Waals surface area contributed by atoms with E-state index in [4.69, 9.17) is 4.98 Å². The minimum Gasteiger partial charge on any atom is -0.512 e. The Bertz CT molecular complexity index is 1660. The maximum absolute atomic E-state index is 11.7. The van der Waals surface area contributed by atoms with E-state index in [1.54, 1.807) is 6.33 Å². The quantitative estimate of drug-likeness (QED) is 0.0967. The minimum absolute atomic E-state index is 0. The van der Waals surface area contributed by atoms with Crippen LogP contribution in [0.1, 0.15) is 102 Å². The largest absolute Gasteiger partial charge is 0.512 e. The van der Waals surface area contributed by atoms with Gasteiger partial charge < -0.3 is 10.1 Å². The Morgan fingerprint density at radius 3 is 2.25 bits per heavy atom. The number of aliphatic hydroxyl groups excluding tert-OH is 1. The summed E-state index contributed by atoms with van der Waals surface area (Å²) in [7, 11) is 0. The maximum atomic E-state index is 11.7. The summed E-state index contributed by atoms with van der Waals surface area (Å²) < 4.78 is 0. The minimum atomic E-state index is 0.